The van der Waals surface area contributed by atoms with E-state index in [2.05, 4.69) is 0 Å². The van der Waals surface area contributed by atoms with Crippen LogP contribution in [-0.2, 0) is 23.9 Å². The number of imide groups is 2. The van der Waals surface area contributed by atoms with E-state index in [1.54, 1.807) is 0 Å². The van der Waals surface area contributed by atoms with E-state index in [4.69, 9.17) is 14.9 Å². The van der Waals surface area contributed by atoms with Crippen molar-refractivity contribution in [2.45, 2.75) is 12.2 Å². The summed E-state index contributed by atoms with van der Waals surface area (Å²) >= 11 is 0. The van der Waals surface area contributed by atoms with Gasteiger partial charge in [-0.25, -0.2) is 0 Å². The van der Waals surface area contributed by atoms with Crippen LogP contribution in [0.3, 0.4) is 0 Å². The van der Waals surface area contributed by atoms with E-state index in [9.17, 15) is 19.2 Å². The summed E-state index contributed by atoms with van der Waals surface area (Å²) < 4.78 is 5.46. The van der Waals surface area contributed by atoms with Gasteiger partial charge in [0, 0.05) is 12.2 Å². The second-order valence-corrected chi connectivity index (χ2v) is 5.94. The van der Waals surface area contributed by atoms with Gasteiger partial charge in [0.05, 0.1) is 50.3 Å². The van der Waals surface area contributed by atoms with Crippen molar-refractivity contribution in [3.8, 4) is 0 Å². The Labute approximate surface area is 143 Å². The monoisotopic (exact) mass is 350 g/mol. The minimum Gasteiger partial charge on any atom is -0.395 e. The van der Waals surface area contributed by atoms with E-state index in [1.807, 2.05) is 12.2 Å². The standard InChI is InChI=1S/C10H11NO4.C6H7NO3/c12-4-3-11-9(13)7-5-1-2-6(15-5)8(7)10(11)14;8-4-3-7-5(9)1-2-6(7)10/h1-2,5-8,12H,3-4H2;1-2,8H,3-4H2. The molecular weight excluding hydrogens is 332 g/mol. The van der Waals surface area contributed by atoms with Crippen LogP contribution in [0.2, 0.25) is 0 Å². The maximum absolute atomic E-state index is 11.9. The van der Waals surface area contributed by atoms with Gasteiger partial charge < -0.3 is 14.9 Å². The molecule has 2 fully saturated rings. The first-order chi connectivity index (χ1) is 12.0. The largest absolute Gasteiger partial charge is 0.395 e. The Morgan fingerprint density at radius 2 is 1.24 bits per heavy atom. The molecule has 0 radical (unpaired) electrons. The number of likely N-dealkylation sites (tertiary alicyclic amines) is 1. The molecule has 2 saturated heterocycles. The zero-order valence-corrected chi connectivity index (χ0v) is 13.3. The highest BCUT2D eigenvalue weighted by atomic mass is 16.5. The van der Waals surface area contributed by atoms with Crippen LogP contribution in [0.4, 0.5) is 0 Å². The topological polar surface area (TPSA) is 124 Å². The lowest BCUT2D eigenvalue weighted by Gasteiger charge is -2.15. The molecule has 9 nitrogen and oxygen atoms in total. The van der Waals surface area contributed by atoms with Gasteiger partial charge in [-0.2, -0.15) is 0 Å². The van der Waals surface area contributed by atoms with E-state index in [0.717, 1.165) is 9.80 Å². The number of ether oxygens (including phenoxy) is 1. The van der Waals surface area contributed by atoms with E-state index in [-0.39, 0.29) is 74.0 Å². The number of rotatable bonds is 4. The summed E-state index contributed by atoms with van der Waals surface area (Å²) in [6, 6.07) is 0. The summed E-state index contributed by atoms with van der Waals surface area (Å²) in [5.41, 5.74) is 0. The van der Waals surface area contributed by atoms with Gasteiger partial charge in [0.2, 0.25) is 11.8 Å². The average Bonchev–Trinajstić information content (AvgIpc) is 3.33. The molecule has 4 aliphatic rings. The molecule has 0 aromatic carbocycles. The Balaban J connectivity index is 0.000000160. The summed E-state index contributed by atoms with van der Waals surface area (Å²) in [5.74, 6) is -1.79. The maximum atomic E-state index is 11.9. The number of carbonyl (C=O) groups is 4. The van der Waals surface area contributed by atoms with Crippen LogP contribution in [-0.4, -0.2) is 82.2 Å². The van der Waals surface area contributed by atoms with Gasteiger partial charge in [-0.3, -0.25) is 29.0 Å². The molecule has 25 heavy (non-hydrogen) atoms. The highest BCUT2D eigenvalue weighted by molar-refractivity contribution is 6.12. The number of fused-ring (bicyclic) bond motifs is 5. The molecule has 4 heterocycles. The normalized spacial score (nSPS) is 31.9. The minimum atomic E-state index is -0.348. The van der Waals surface area contributed by atoms with Crippen molar-refractivity contribution < 1.29 is 34.1 Å². The summed E-state index contributed by atoms with van der Waals surface area (Å²) in [6.45, 7) is -0.172. The van der Waals surface area contributed by atoms with Crippen molar-refractivity contribution in [1.29, 1.82) is 0 Å². The number of aliphatic hydroxyl groups is 2. The van der Waals surface area contributed by atoms with Gasteiger partial charge >= 0.3 is 0 Å². The molecule has 4 aliphatic heterocycles. The predicted molar refractivity (Wildman–Crippen MR) is 81.5 cm³/mol. The molecule has 0 aromatic heterocycles. The zero-order chi connectivity index (χ0) is 18.1. The molecule has 134 valence electrons. The SMILES string of the molecule is O=C1C2C3C=CC(O3)C2C(=O)N1CCO.O=C1C=CC(=O)N1CCO. The molecule has 4 rings (SSSR count). The third-order valence-corrected chi connectivity index (χ3v) is 4.55. The quantitative estimate of drug-likeness (QED) is 0.436. The Morgan fingerprint density at radius 3 is 1.68 bits per heavy atom. The van der Waals surface area contributed by atoms with Gasteiger partial charge in [0.15, 0.2) is 0 Å². The predicted octanol–water partition coefficient (Wildman–Crippen LogP) is -2.18. The first-order valence-corrected chi connectivity index (χ1v) is 7.94. The summed E-state index contributed by atoms with van der Waals surface area (Å²) in [7, 11) is 0. The molecule has 4 unspecified atom stereocenters. The van der Waals surface area contributed by atoms with Crippen molar-refractivity contribution >= 4 is 23.6 Å². The average molecular weight is 350 g/mol. The summed E-state index contributed by atoms with van der Waals surface area (Å²) in [6.07, 6.45) is 5.61. The number of hydrogen-bond acceptors (Lipinski definition) is 7. The van der Waals surface area contributed by atoms with Crippen LogP contribution in [0.15, 0.2) is 24.3 Å². The van der Waals surface area contributed by atoms with Gasteiger partial charge in [0.25, 0.3) is 11.8 Å². The molecule has 0 aromatic rings. The van der Waals surface area contributed by atoms with Gasteiger partial charge in [-0.05, 0) is 0 Å². The van der Waals surface area contributed by atoms with Gasteiger partial charge in [0.1, 0.15) is 0 Å². The third kappa shape index (κ3) is 2.90. The van der Waals surface area contributed by atoms with Crippen LogP contribution in [0.25, 0.3) is 0 Å². The van der Waals surface area contributed by atoms with Crippen molar-refractivity contribution in [3.05, 3.63) is 24.3 Å². The lowest BCUT2D eigenvalue weighted by atomic mass is 9.85. The van der Waals surface area contributed by atoms with Crippen molar-refractivity contribution in [2.75, 3.05) is 26.3 Å². The fourth-order valence-electron chi connectivity index (χ4n) is 3.44. The van der Waals surface area contributed by atoms with Crippen LogP contribution < -0.4 is 0 Å². The highest BCUT2D eigenvalue weighted by Gasteiger charge is 2.60. The lowest BCUT2D eigenvalue weighted by molar-refractivity contribution is -0.143. The van der Waals surface area contributed by atoms with Crippen LogP contribution in [0, 0.1) is 11.8 Å². The van der Waals surface area contributed by atoms with Crippen LogP contribution in [0.1, 0.15) is 0 Å². The summed E-state index contributed by atoms with van der Waals surface area (Å²) in [4.78, 5) is 47.2. The first kappa shape index (κ1) is 17.5. The molecule has 0 aliphatic carbocycles. The summed E-state index contributed by atoms with van der Waals surface area (Å²) in [5, 5.41) is 17.2. The molecular formula is C16H18N2O7. The first-order valence-electron chi connectivity index (χ1n) is 7.94. The number of carbonyl (C=O) groups excluding carboxylic acids is 4. The van der Waals surface area contributed by atoms with E-state index in [0.29, 0.717) is 0 Å². The number of hydrogen-bond donors (Lipinski definition) is 2. The molecule has 9 heteroatoms. The number of β-amino-alcohol motifs (C(OH)–C–C–N with tert-alkyl or cyclic N) is 2. The molecule has 0 saturated carbocycles. The third-order valence-electron chi connectivity index (χ3n) is 4.55. The van der Waals surface area contributed by atoms with Gasteiger partial charge in [-0.15, -0.1) is 0 Å². The molecule has 0 spiro atoms. The number of aliphatic hydroxyl groups excluding tert-OH is 2. The van der Waals surface area contributed by atoms with Crippen LogP contribution >= 0.6 is 0 Å². The van der Waals surface area contributed by atoms with Gasteiger partial charge in [-0.1, -0.05) is 12.2 Å². The number of amides is 4. The fourth-order valence-corrected chi connectivity index (χ4v) is 3.44. The molecule has 2 bridgehead atoms. The Hall–Kier alpha value is -2.36. The second-order valence-electron chi connectivity index (χ2n) is 5.94. The Kier molecular flexibility index (Phi) is 4.80. The number of nitrogens with zero attached hydrogens (tertiary/aromatic N) is 2. The van der Waals surface area contributed by atoms with Crippen molar-refractivity contribution in [2.24, 2.45) is 11.8 Å². The maximum Gasteiger partial charge on any atom is 0.253 e. The van der Waals surface area contributed by atoms with E-state index >= 15 is 0 Å². The zero-order valence-electron chi connectivity index (χ0n) is 13.3. The smallest absolute Gasteiger partial charge is 0.253 e. The lowest BCUT2D eigenvalue weighted by Crippen LogP contribution is -2.36. The Bertz CT molecular complexity index is 623. The van der Waals surface area contributed by atoms with Crippen LogP contribution in [0.5, 0.6) is 0 Å². The highest BCUT2D eigenvalue weighted by Crippen LogP contribution is 2.44. The second kappa shape index (κ2) is 6.87. The molecule has 4 atom stereocenters. The molecule has 2 N–H and O–H groups in total. The Morgan fingerprint density at radius 1 is 0.800 bits per heavy atom. The van der Waals surface area contributed by atoms with Crippen molar-refractivity contribution in [3.63, 3.8) is 0 Å². The van der Waals surface area contributed by atoms with E-state index in [1.165, 1.54) is 12.2 Å². The fraction of sp³-hybridized carbons (Fsp3) is 0.500. The van der Waals surface area contributed by atoms with Crippen molar-refractivity contribution in [1.82, 2.24) is 9.80 Å². The van der Waals surface area contributed by atoms with E-state index < -0.39 is 0 Å². The minimum absolute atomic E-state index is 0.0880. The molecule has 4 amide bonds.